The van der Waals surface area contributed by atoms with Gasteiger partial charge in [0.25, 0.3) is 5.91 Å². The second-order valence-electron chi connectivity index (χ2n) is 8.30. The molecule has 0 saturated heterocycles. The van der Waals surface area contributed by atoms with E-state index in [1.807, 2.05) is 30.3 Å². The maximum atomic E-state index is 12.9. The number of fused-ring (bicyclic) bond motifs is 2. The van der Waals surface area contributed by atoms with Gasteiger partial charge < -0.3 is 20.4 Å². The molecule has 0 radical (unpaired) electrons. The van der Waals surface area contributed by atoms with Crippen molar-refractivity contribution in [2.75, 3.05) is 5.32 Å². The van der Waals surface area contributed by atoms with Gasteiger partial charge in [0.05, 0.1) is 28.7 Å². The Hall–Kier alpha value is -3.78. The number of aliphatic hydroxyl groups is 1. The first-order chi connectivity index (χ1) is 15.4. The van der Waals surface area contributed by atoms with E-state index in [4.69, 9.17) is 4.74 Å². The van der Waals surface area contributed by atoms with E-state index >= 15 is 0 Å². The quantitative estimate of drug-likeness (QED) is 0.374. The van der Waals surface area contributed by atoms with Crippen LogP contribution in [0.25, 0.3) is 11.3 Å². The summed E-state index contributed by atoms with van der Waals surface area (Å²) >= 11 is 0. The van der Waals surface area contributed by atoms with Crippen molar-refractivity contribution in [3.05, 3.63) is 83.5 Å². The molecule has 2 N–H and O–H groups in total. The number of pyridine rings is 2. The van der Waals surface area contributed by atoms with Crippen molar-refractivity contribution in [1.82, 2.24) is 4.98 Å². The number of hydrogen-bond acceptors (Lipinski definition) is 6. The molecule has 3 aromatic rings. The summed E-state index contributed by atoms with van der Waals surface area (Å²) in [6, 6.07) is 14.7. The Balaban J connectivity index is 1.28. The molecule has 0 atom stereocenters. The van der Waals surface area contributed by atoms with Gasteiger partial charge in [-0.25, -0.2) is 4.79 Å². The van der Waals surface area contributed by atoms with Gasteiger partial charge in [0.1, 0.15) is 11.2 Å². The third kappa shape index (κ3) is 3.38. The predicted octanol–water partition coefficient (Wildman–Crippen LogP) is 2.69. The second-order valence-corrected chi connectivity index (χ2v) is 8.30. The highest BCUT2D eigenvalue weighted by Gasteiger charge is 2.54. The van der Waals surface area contributed by atoms with E-state index in [0.29, 0.717) is 21.5 Å². The number of carbonyl (C=O) groups excluding carboxylic acids is 2. The summed E-state index contributed by atoms with van der Waals surface area (Å²) in [5.74, 6) is -1.02. The molecule has 0 unspecified atom stereocenters. The van der Waals surface area contributed by atoms with E-state index in [1.165, 1.54) is 18.5 Å². The number of aromatic nitrogens is 2. The largest absolute Gasteiger partial charge is 0.619 e. The minimum atomic E-state index is -1.61. The monoisotopic (exact) mass is 431 g/mol. The molecule has 0 bridgehead atoms. The summed E-state index contributed by atoms with van der Waals surface area (Å²) in [6.45, 7) is 0. The van der Waals surface area contributed by atoms with Crippen LogP contribution < -0.4 is 10.0 Å². The SMILES string of the molecule is O=C1O[C@]2(CC[C@](O)(C(=O)Nc3ccc(-c4ccccc4)nc3)CC2)c2c[n+]([O-])ccc21. The van der Waals surface area contributed by atoms with Crippen LogP contribution in [0.2, 0.25) is 0 Å². The van der Waals surface area contributed by atoms with Crippen molar-refractivity contribution in [1.29, 1.82) is 0 Å². The number of carbonyl (C=O) groups is 2. The van der Waals surface area contributed by atoms with Crippen molar-refractivity contribution < 1.29 is 24.2 Å². The minimum absolute atomic E-state index is 0.0921. The number of rotatable bonds is 3. The van der Waals surface area contributed by atoms with Crippen LogP contribution in [-0.2, 0) is 15.1 Å². The van der Waals surface area contributed by atoms with Crippen LogP contribution in [0.15, 0.2) is 67.1 Å². The minimum Gasteiger partial charge on any atom is -0.619 e. The fourth-order valence-corrected chi connectivity index (χ4v) is 4.47. The van der Waals surface area contributed by atoms with E-state index < -0.39 is 23.1 Å². The number of esters is 1. The van der Waals surface area contributed by atoms with Gasteiger partial charge in [-0.3, -0.25) is 9.78 Å². The third-order valence-corrected chi connectivity index (χ3v) is 6.33. The van der Waals surface area contributed by atoms with E-state index in [0.717, 1.165) is 11.3 Å². The van der Waals surface area contributed by atoms with Gasteiger partial charge in [-0.1, -0.05) is 30.3 Å². The molecule has 1 saturated carbocycles. The first kappa shape index (κ1) is 20.1. The van der Waals surface area contributed by atoms with Crippen molar-refractivity contribution in [3.8, 4) is 11.3 Å². The van der Waals surface area contributed by atoms with Crippen LogP contribution in [-0.4, -0.2) is 27.6 Å². The number of anilines is 1. The highest BCUT2D eigenvalue weighted by atomic mass is 16.6. The first-order valence-corrected chi connectivity index (χ1v) is 10.4. The Labute approximate surface area is 184 Å². The highest BCUT2D eigenvalue weighted by molar-refractivity contribution is 5.97. The third-order valence-electron chi connectivity index (χ3n) is 6.33. The van der Waals surface area contributed by atoms with Crippen molar-refractivity contribution in [2.45, 2.75) is 36.9 Å². The zero-order chi connectivity index (χ0) is 22.3. The van der Waals surface area contributed by atoms with Crippen LogP contribution in [0.1, 0.15) is 41.6 Å². The molecule has 3 heterocycles. The topological polar surface area (TPSA) is 115 Å². The van der Waals surface area contributed by atoms with Crippen molar-refractivity contribution >= 4 is 17.6 Å². The average Bonchev–Trinajstić information content (AvgIpc) is 3.08. The lowest BCUT2D eigenvalue weighted by atomic mass is 9.73. The lowest BCUT2D eigenvalue weighted by Gasteiger charge is -2.39. The Morgan fingerprint density at radius 2 is 1.84 bits per heavy atom. The summed E-state index contributed by atoms with van der Waals surface area (Å²) in [5.41, 5.74) is 0.506. The zero-order valence-corrected chi connectivity index (χ0v) is 17.2. The zero-order valence-electron chi connectivity index (χ0n) is 17.2. The molecule has 1 aliphatic heterocycles. The smallest absolute Gasteiger partial charge is 0.339 e. The summed E-state index contributed by atoms with van der Waals surface area (Å²) < 4.78 is 6.24. The number of hydrogen-bond donors (Lipinski definition) is 2. The summed E-state index contributed by atoms with van der Waals surface area (Å²) in [7, 11) is 0. The standard InChI is InChI=1S/C24H21N3O5/c28-21-18-8-13-27(31)15-19(18)24(32-21)11-9-23(30,10-12-24)22(29)26-17-6-7-20(25-14-17)16-4-2-1-3-5-16/h1-8,13-15,30H,9-12H2,(H,26,29)/t23-,24+. The van der Waals surface area contributed by atoms with Crippen LogP contribution in [0.4, 0.5) is 5.69 Å². The maximum absolute atomic E-state index is 12.9. The van der Waals surface area contributed by atoms with Crippen molar-refractivity contribution in [2.24, 2.45) is 0 Å². The Kier molecular flexibility index (Phi) is 4.67. The van der Waals surface area contributed by atoms with Gasteiger partial charge in [-0.15, -0.1) is 0 Å². The molecule has 2 aromatic heterocycles. The van der Waals surface area contributed by atoms with Gasteiger partial charge in [0.2, 0.25) is 0 Å². The van der Waals surface area contributed by atoms with E-state index in [2.05, 4.69) is 10.3 Å². The number of nitrogens with zero attached hydrogens (tertiary/aromatic N) is 2. The normalized spacial score (nSPS) is 24.1. The molecule has 1 aromatic carbocycles. The molecular weight excluding hydrogens is 410 g/mol. The molecule has 1 fully saturated rings. The van der Waals surface area contributed by atoms with E-state index in [9.17, 15) is 19.9 Å². The van der Waals surface area contributed by atoms with Crippen LogP contribution in [0.5, 0.6) is 0 Å². The number of ether oxygens (including phenoxy) is 1. The van der Waals surface area contributed by atoms with E-state index in [1.54, 1.807) is 18.3 Å². The predicted molar refractivity (Wildman–Crippen MR) is 114 cm³/mol. The second kappa shape index (κ2) is 7.42. The van der Waals surface area contributed by atoms with Gasteiger partial charge in [0, 0.05) is 11.6 Å². The Morgan fingerprint density at radius 3 is 2.53 bits per heavy atom. The van der Waals surface area contributed by atoms with Gasteiger partial charge in [-0.05, 0) is 37.8 Å². The molecule has 1 spiro atoms. The summed E-state index contributed by atoms with van der Waals surface area (Å²) in [4.78, 5) is 29.5. The average molecular weight is 431 g/mol. The van der Waals surface area contributed by atoms with Crippen LogP contribution in [0.3, 0.4) is 0 Å². The number of nitrogens with one attached hydrogen (secondary N) is 1. The van der Waals surface area contributed by atoms with E-state index in [-0.39, 0.29) is 25.7 Å². The van der Waals surface area contributed by atoms with Crippen molar-refractivity contribution in [3.63, 3.8) is 0 Å². The molecule has 32 heavy (non-hydrogen) atoms. The number of benzene rings is 1. The molecule has 162 valence electrons. The van der Waals surface area contributed by atoms with Crippen LogP contribution in [0, 0.1) is 5.21 Å². The fourth-order valence-electron chi connectivity index (χ4n) is 4.47. The maximum Gasteiger partial charge on any atom is 0.339 e. The van der Waals surface area contributed by atoms with Crippen LogP contribution >= 0.6 is 0 Å². The highest BCUT2D eigenvalue weighted by Crippen LogP contribution is 2.48. The lowest BCUT2D eigenvalue weighted by molar-refractivity contribution is -0.606. The Bertz CT molecular complexity index is 1190. The fraction of sp³-hybridized carbons (Fsp3) is 0.250. The molecule has 1 aliphatic carbocycles. The first-order valence-electron chi connectivity index (χ1n) is 10.4. The molecule has 2 aliphatic rings. The number of amides is 1. The summed E-state index contributed by atoms with van der Waals surface area (Å²) in [6.07, 6.45) is 4.81. The molecule has 5 rings (SSSR count). The lowest BCUT2D eigenvalue weighted by Crippen LogP contribution is -2.49. The van der Waals surface area contributed by atoms with Gasteiger partial charge in [0.15, 0.2) is 12.4 Å². The summed E-state index contributed by atoms with van der Waals surface area (Å²) in [5, 5.41) is 25.5. The van der Waals surface area contributed by atoms with Gasteiger partial charge >= 0.3 is 5.97 Å². The molecule has 8 nitrogen and oxygen atoms in total. The molecule has 8 heteroatoms. The molecule has 1 amide bonds. The van der Waals surface area contributed by atoms with Gasteiger partial charge in [-0.2, -0.15) is 4.73 Å². The molecular formula is C24H21N3O5. The Morgan fingerprint density at radius 1 is 1.09 bits per heavy atom.